The normalized spacial score (nSPS) is 10.3. The number of hydrogen-bond acceptors (Lipinski definition) is 3. The fraction of sp³-hybridized carbons (Fsp3) is 0.133. The Kier molecular flexibility index (Phi) is 3.86. The van der Waals surface area contributed by atoms with E-state index in [-0.39, 0.29) is 16.7 Å². The number of nitrogens with two attached hydrogens (primary N) is 1. The SMILES string of the molecule is Cc1ccc(N)c(NC(=O)c2ccc(O)c(Cl)c2)c1C. The summed E-state index contributed by atoms with van der Waals surface area (Å²) in [5.41, 5.74) is 9.31. The first-order valence-corrected chi connectivity index (χ1v) is 6.43. The Morgan fingerprint density at radius 3 is 2.60 bits per heavy atom. The van der Waals surface area contributed by atoms with Gasteiger partial charge in [-0.3, -0.25) is 4.79 Å². The van der Waals surface area contributed by atoms with E-state index in [9.17, 15) is 9.90 Å². The van der Waals surface area contributed by atoms with E-state index in [1.54, 1.807) is 6.07 Å². The van der Waals surface area contributed by atoms with Crippen LogP contribution in [0, 0.1) is 13.8 Å². The zero-order valence-electron chi connectivity index (χ0n) is 11.2. The van der Waals surface area contributed by atoms with Gasteiger partial charge in [0.1, 0.15) is 5.75 Å². The summed E-state index contributed by atoms with van der Waals surface area (Å²) in [6.45, 7) is 3.84. The smallest absolute Gasteiger partial charge is 0.255 e. The maximum Gasteiger partial charge on any atom is 0.255 e. The number of benzene rings is 2. The van der Waals surface area contributed by atoms with Crippen molar-refractivity contribution >= 4 is 28.9 Å². The zero-order chi connectivity index (χ0) is 14.9. The minimum absolute atomic E-state index is 0.0607. The first kappa shape index (κ1) is 14.2. The van der Waals surface area contributed by atoms with Crippen LogP contribution in [0.1, 0.15) is 21.5 Å². The van der Waals surface area contributed by atoms with Crippen molar-refractivity contribution in [3.05, 3.63) is 52.0 Å². The molecule has 0 saturated carbocycles. The third-order valence-electron chi connectivity index (χ3n) is 3.22. The number of nitrogen functional groups attached to an aromatic ring is 1. The van der Waals surface area contributed by atoms with Crippen molar-refractivity contribution in [3.8, 4) is 5.75 Å². The maximum atomic E-state index is 12.2. The van der Waals surface area contributed by atoms with Gasteiger partial charge >= 0.3 is 0 Å². The number of rotatable bonds is 2. The van der Waals surface area contributed by atoms with Crippen LogP contribution in [0.15, 0.2) is 30.3 Å². The number of aryl methyl sites for hydroxylation is 1. The van der Waals surface area contributed by atoms with Crippen molar-refractivity contribution in [2.24, 2.45) is 0 Å². The number of halogens is 1. The van der Waals surface area contributed by atoms with E-state index < -0.39 is 0 Å². The van der Waals surface area contributed by atoms with Gasteiger partial charge in [-0.25, -0.2) is 0 Å². The molecule has 1 amide bonds. The van der Waals surface area contributed by atoms with E-state index in [0.29, 0.717) is 16.9 Å². The van der Waals surface area contributed by atoms with Crippen LogP contribution in [-0.4, -0.2) is 11.0 Å². The molecule has 104 valence electrons. The third-order valence-corrected chi connectivity index (χ3v) is 3.52. The standard InChI is InChI=1S/C15H15ClN2O2/c1-8-3-5-12(17)14(9(8)2)18-15(20)10-4-6-13(19)11(16)7-10/h3-7,19H,17H2,1-2H3,(H,18,20). The van der Waals surface area contributed by atoms with Gasteiger partial charge in [-0.05, 0) is 49.2 Å². The van der Waals surface area contributed by atoms with Crippen LogP contribution in [-0.2, 0) is 0 Å². The Morgan fingerprint density at radius 1 is 1.25 bits per heavy atom. The second-order valence-electron chi connectivity index (χ2n) is 4.59. The van der Waals surface area contributed by atoms with E-state index in [4.69, 9.17) is 17.3 Å². The molecule has 0 atom stereocenters. The molecule has 0 saturated heterocycles. The lowest BCUT2D eigenvalue weighted by Gasteiger charge is -2.13. The zero-order valence-corrected chi connectivity index (χ0v) is 12.0. The first-order valence-electron chi connectivity index (χ1n) is 6.05. The molecule has 0 aliphatic heterocycles. The lowest BCUT2D eigenvalue weighted by atomic mass is 10.1. The van der Waals surface area contributed by atoms with Crippen LogP contribution in [0.25, 0.3) is 0 Å². The predicted octanol–water partition coefficient (Wildman–Crippen LogP) is 3.50. The molecule has 4 nitrogen and oxygen atoms in total. The molecule has 2 aromatic rings. The minimum Gasteiger partial charge on any atom is -0.506 e. The highest BCUT2D eigenvalue weighted by Gasteiger charge is 2.12. The topological polar surface area (TPSA) is 75.3 Å². The molecule has 0 bridgehead atoms. The fourth-order valence-electron chi connectivity index (χ4n) is 1.84. The molecule has 5 heteroatoms. The van der Waals surface area contributed by atoms with Crippen LogP contribution in [0.5, 0.6) is 5.75 Å². The summed E-state index contributed by atoms with van der Waals surface area (Å²) in [6.07, 6.45) is 0. The number of nitrogens with one attached hydrogen (secondary N) is 1. The summed E-state index contributed by atoms with van der Waals surface area (Å²) >= 11 is 5.79. The van der Waals surface area contributed by atoms with Gasteiger partial charge in [0.2, 0.25) is 0 Å². The van der Waals surface area contributed by atoms with E-state index in [1.807, 2.05) is 19.9 Å². The van der Waals surface area contributed by atoms with Crippen LogP contribution < -0.4 is 11.1 Å². The molecule has 0 aromatic heterocycles. The monoisotopic (exact) mass is 290 g/mol. The average Bonchev–Trinajstić information content (AvgIpc) is 2.42. The number of phenolic OH excluding ortho intramolecular Hbond substituents is 1. The van der Waals surface area contributed by atoms with Crippen molar-refractivity contribution in [2.45, 2.75) is 13.8 Å². The number of aromatic hydroxyl groups is 1. The summed E-state index contributed by atoms with van der Waals surface area (Å²) in [7, 11) is 0. The van der Waals surface area contributed by atoms with Gasteiger partial charge in [0.05, 0.1) is 16.4 Å². The number of amides is 1. The molecule has 0 aliphatic rings. The van der Waals surface area contributed by atoms with Gasteiger partial charge in [-0.15, -0.1) is 0 Å². The molecule has 0 spiro atoms. The van der Waals surface area contributed by atoms with Crippen molar-refractivity contribution < 1.29 is 9.90 Å². The lowest BCUT2D eigenvalue weighted by Crippen LogP contribution is -2.14. The molecule has 2 rings (SSSR count). The van der Waals surface area contributed by atoms with Gasteiger partial charge in [-0.2, -0.15) is 0 Å². The van der Waals surface area contributed by atoms with E-state index in [2.05, 4.69) is 5.32 Å². The molecular weight excluding hydrogens is 276 g/mol. The molecule has 0 unspecified atom stereocenters. The summed E-state index contributed by atoms with van der Waals surface area (Å²) in [5.74, 6) is -0.387. The number of carbonyl (C=O) groups excluding carboxylic acids is 1. The van der Waals surface area contributed by atoms with Gasteiger partial charge in [-0.1, -0.05) is 17.7 Å². The summed E-state index contributed by atoms with van der Waals surface area (Å²) in [4.78, 5) is 12.2. The quantitative estimate of drug-likeness (QED) is 0.741. The van der Waals surface area contributed by atoms with Gasteiger partial charge < -0.3 is 16.2 Å². The van der Waals surface area contributed by atoms with Crippen LogP contribution in [0.4, 0.5) is 11.4 Å². The number of carbonyl (C=O) groups is 1. The maximum absolute atomic E-state index is 12.2. The Balaban J connectivity index is 2.32. The molecular formula is C15H15ClN2O2. The van der Waals surface area contributed by atoms with Crippen molar-refractivity contribution in [3.63, 3.8) is 0 Å². The van der Waals surface area contributed by atoms with E-state index >= 15 is 0 Å². The van der Waals surface area contributed by atoms with E-state index in [1.165, 1.54) is 18.2 Å². The molecule has 2 aromatic carbocycles. The minimum atomic E-state index is -0.327. The highest BCUT2D eigenvalue weighted by Crippen LogP contribution is 2.28. The highest BCUT2D eigenvalue weighted by molar-refractivity contribution is 6.32. The number of phenols is 1. The van der Waals surface area contributed by atoms with Crippen molar-refractivity contribution in [1.29, 1.82) is 0 Å². The molecule has 0 heterocycles. The van der Waals surface area contributed by atoms with E-state index in [0.717, 1.165) is 11.1 Å². The van der Waals surface area contributed by atoms with Gasteiger partial charge in [0.25, 0.3) is 5.91 Å². The van der Waals surface area contributed by atoms with Crippen LogP contribution in [0.3, 0.4) is 0 Å². The first-order chi connectivity index (χ1) is 9.40. The van der Waals surface area contributed by atoms with Gasteiger partial charge in [0.15, 0.2) is 0 Å². The molecule has 4 N–H and O–H groups in total. The molecule has 0 fully saturated rings. The predicted molar refractivity (Wildman–Crippen MR) is 81.4 cm³/mol. The van der Waals surface area contributed by atoms with Crippen molar-refractivity contribution in [2.75, 3.05) is 11.1 Å². The Hall–Kier alpha value is -2.20. The van der Waals surface area contributed by atoms with Crippen LogP contribution in [0.2, 0.25) is 5.02 Å². The summed E-state index contributed by atoms with van der Waals surface area (Å²) in [6, 6.07) is 7.94. The molecule has 0 radical (unpaired) electrons. The number of anilines is 2. The van der Waals surface area contributed by atoms with Crippen LogP contribution >= 0.6 is 11.6 Å². The average molecular weight is 291 g/mol. The fourth-order valence-corrected chi connectivity index (χ4v) is 2.02. The Bertz CT molecular complexity index is 684. The lowest BCUT2D eigenvalue weighted by molar-refractivity contribution is 0.102. The number of hydrogen-bond donors (Lipinski definition) is 3. The highest BCUT2D eigenvalue weighted by atomic mass is 35.5. The second-order valence-corrected chi connectivity index (χ2v) is 5.00. The summed E-state index contributed by atoms with van der Waals surface area (Å²) in [5, 5.41) is 12.3. The largest absolute Gasteiger partial charge is 0.506 e. The molecule has 20 heavy (non-hydrogen) atoms. The third kappa shape index (κ3) is 2.70. The van der Waals surface area contributed by atoms with Crippen molar-refractivity contribution in [1.82, 2.24) is 0 Å². The Morgan fingerprint density at radius 2 is 1.95 bits per heavy atom. The van der Waals surface area contributed by atoms with Gasteiger partial charge in [0, 0.05) is 5.56 Å². The summed E-state index contributed by atoms with van der Waals surface area (Å²) < 4.78 is 0. The second kappa shape index (κ2) is 5.43. The Labute approximate surface area is 122 Å². The molecule has 0 aliphatic carbocycles.